The molecule has 0 bridgehead atoms. The fourth-order valence-corrected chi connectivity index (χ4v) is 2.19. The monoisotopic (exact) mass is 295 g/mol. The Balaban J connectivity index is 2.86. The van der Waals surface area contributed by atoms with Crippen molar-refractivity contribution in [2.24, 2.45) is 0 Å². The topological polar surface area (TPSA) is 39.7 Å². The number of rotatable bonds is 8. The van der Waals surface area contributed by atoms with Crippen molar-refractivity contribution in [3.8, 4) is 11.5 Å². The van der Waals surface area contributed by atoms with Gasteiger partial charge >= 0.3 is 0 Å². The van der Waals surface area contributed by atoms with E-state index in [-0.39, 0.29) is 11.5 Å². The van der Waals surface area contributed by atoms with Gasteiger partial charge in [0, 0.05) is 12.7 Å². The molecule has 0 saturated carbocycles. The molecule has 21 heavy (non-hydrogen) atoms. The van der Waals surface area contributed by atoms with E-state index in [9.17, 15) is 0 Å². The van der Waals surface area contributed by atoms with Crippen LogP contribution in [-0.2, 0) is 10.2 Å². The maximum atomic E-state index is 6.03. The molecule has 0 heterocycles. The highest BCUT2D eigenvalue weighted by Crippen LogP contribution is 2.34. The summed E-state index contributed by atoms with van der Waals surface area (Å²) in [6.07, 6.45) is 0. The minimum Gasteiger partial charge on any atom is -0.497 e. The maximum Gasteiger partial charge on any atom is 0.123 e. The number of benzene rings is 1. The van der Waals surface area contributed by atoms with Crippen molar-refractivity contribution in [2.75, 3.05) is 34.0 Å². The number of hydrogen-bond acceptors (Lipinski definition) is 4. The van der Waals surface area contributed by atoms with E-state index in [4.69, 9.17) is 14.2 Å². The first-order chi connectivity index (χ1) is 9.92. The van der Waals surface area contributed by atoms with Crippen LogP contribution in [-0.4, -0.2) is 40.0 Å². The number of hydrogen-bond donors (Lipinski definition) is 1. The van der Waals surface area contributed by atoms with Gasteiger partial charge in [-0.2, -0.15) is 0 Å². The van der Waals surface area contributed by atoms with Crippen molar-refractivity contribution in [3.63, 3.8) is 0 Å². The summed E-state index contributed by atoms with van der Waals surface area (Å²) in [6, 6.07) is 6.15. The minimum atomic E-state index is -0.00118. The SMILES string of the molecule is CCNC(COC)COc1ccc(OC)cc1C(C)(C)C. The lowest BCUT2D eigenvalue weighted by atomic mass is 9.86. The second-order valence-corrected chi connectivity index (χ2v) is 6.13. The fraction of sp³-hybridized carbons (Fsp3) is 0.647. The van der Waals surface area contributed by atoms with Crippen LogP contribution in [0, 0.1) is 0 Å². The highest BCUT2D eigenvalue weighted by Gasteiger charge is 2.20. The lowest BCUT2D eigenvalue weighted by Crippen LogP contribution is -2.38. The normalized spacial score (nSPS) is 13.0. The van der Waals surface area contributed by atoms with Crippen molar-refractivity contribution < 1.29 is 14.2 Å². The molecule has 1 unspecified atom stereocenters. The molecular weight excluding hydrogens is 266 g/mol. The Kier molecular flexibility index (Phi) is 6.99. The van der Waals surface area contributed by atoms with E-state index >= 15 is 0 Å². The second-order valence-electron chi connectivity index (χ2n) is 6.13. The molecule has 120 valence electrons. The predicted octanol–water partition coefficient (Wildman–Crippen LogP) is 3.00. The minimum absolute atomic E-state index is 0.00118. The second kappa shape index (κ2) is 8.25. The predicted molar refractivity (Wildman–Crippen MR) is 86.5 cm³/mol. The average molecular weight is 295 g/mol. The van der Waals surface area contributed by atoms with E-state index in [1.54, 1.807) is 14.2 Å². The molecule has 0 amide bonds. The summed E-state index contributed by atoms with van der Waals surface area (Å²) < 4.78 is 16.6. The van der Waals surface area contributed by atoms with Crippen LogP contribution in [0.25, 0.3) is 0 Å². The van der Waals surface area contributed by atoms with Gasteiger partial charge in [0.25, 0.3) is 0 Å². The van der Waals surface area contributed by atoms with E-state index in [1.165, 1.54) is 0 Å². The molecule has 0 aliphatic rings. The lowest BCUT2D eigenvalue weighted by Gasteiger charge is -2.25. The Labute approximate surface area is 128 Å². The molecule has 4 heteroatoms. The third kappa shape index (κ3) is 5.56. The van der Waals surface area contributed by atoms with Crippen LogP contribution in [0.1, 0.15) is 33.3 Å². The Morgan fingerprint density at radius 2 is 1.86 bits per heavy atom. The van der Waals surface area contributed by atoms with Crippen LogP contribution >= 0.6 is 0 Å². The maximum absolute atomic E-state index is 6.03. The molecule has 0 fully saturated rings. The van der Waals surface area contributed by atoms with Gasteiger partial charge in [-0.15, -0.1) is 0 Å². The standard InChI is InChI=1S/C17H29NO3/c1-7-18-13(11-19-5)12-21-16-9-8-14(20-6)10-15(16)17(2,3)4/h8-10,13,18H,7,11-12H2,1-6H3. The average Bonchev–Trinajstić information content (AvgIpc) is 2.44. The van der Waals surface area contributed by atoms with Gasteiger partial charge in [-0.3, -0.25) is 0 Å². The van der Waals surface area contributed by atoms with Crippen molar-refractivity contribution in [3.05, 3.63) is 23.8 Å². The van der Waals surface area contributed by atoms with Crippen molar-refractivity contribution in [1.82, 2.24) is 5.32 Å². The van der Waals surface area contributed by atoms with Crippen LogP contribution in [0.5, 0.6) is 11.5 Å². The third-order valence-electron chi connectivity index (χ3n) is 3.30. The summed E-state index contributed by atoms with van der Waals surface area (Å²) in [5, 5.41) is 3.36. The largest absolute Gasteiger partial charge is 0.497 e. The molecule has 0 aromatic heterocycles. The fourth-order valence-electron chi connectivity index (χ4n) is 2.19. The smallest absolute Gasteiger partial charge is 0.123 e. The van der Waals surface area contributed by atoms with Crippen molar-refractivity contribution in [1.29, 1.82) is 0 Å². The molecule has 0 aliphatic carbocycles. The molecule has 1 rings (SSSR count). The van der Waals surface area contributed by atoms with Gasteiger partial charge < -0.3 is 19.5 Å². The molecule has 1 atom stereocenters. The molecule has 1 aromatic rings. The van der Waals surface area contributed by atoms with Gasteiger partial charge in [-0.25, -0.2) is 0 Å². The highest BCUT2D eigenvalue weighted by molar-refractivity contribution is 5.44. The number of likely N-dealkylation sites (N-methyl/N-ethyl adjacent to an activating group) is 1. The van der Waals surface area contributed by atoms with Gasteiger partial charge in [-0.05, 0) is 30.2 Å². The molecule has 1 N–H and O–H groups in total. The lowest BCUT2D eigenvalue weighted by molar-refractivity contribution is 0.136. The van der Waals surface area contributed by atoms with E-state index in [1.807, 2.05) is 18.2 Å². The molecule has 1 aromatic carbocycles. The first-order valence-corrected chi connectivity index (χ1v) is 7.46. The summed E-state index contributed by atoms with van der Waals surface area (Å²) in [6.45, 7) is 10.7. The van der Waals surface area contributed by atoms with Gasteiger partial charge in [0.1, 0.15) is 18.1 Å². The zero-order valence-electron chi connectivity index (χ0n) is 14.2. The molecule has 0 radical (unpaired) electrons. The summed E-state index contributed by atoms with van der Waals surface area (Å²) in [4.78, 5) is 0. The van der Waals surface area contributed by atoms with E-state index < -0.39 is 0 Å². The molecule has 0 aliphatic heterocycles. The molecule has 4 nitrogen and oxygen atoms in total. The number of nitrogens with one attached hydrogen (secondary N) is 1. The van der Waals surface area contributed by atoms with Crippen LogP contribution in [0.4, 0.5) is 0 Å². The Morgan fingerprint density at radius 1 is 1.14 bits per heavy atom. The van der Waals surface area contributed by atoms with Crippen LogP contribution in [0.15, 0.2) is 18.2 Å². The van der Waals surface area contributed by atoms with E-state index in [0.717, 1.165) is 23.6 Å². The molecule has 0 saturated heterocycles. The first kappa shape index (κ1) is 17.8. The van der Waals surface area contributed by atoms with Crippen molar-refractivity contribution in [2.45, 2.75) is 39.2 Å². The Morgan fingerprint density at radius 3 is 2.38 bits per heavy atom. The number of methoxy groups -OCH3 is 2. The zero-order valence-corrected chi connectivity index (χ0v) is 14.2. The van der Waals surface area contributed by atoms with Crippen LogP contribution < -0.4 is 14.8 Å². The molecule has 0 spiro atoms. The quantitative estimate of drug-likeness (QED) is 0.800. The van der Waals surface area contributed by atoms with Crippen LogP contribution in [0.2, 0.25) is 0 Å². The zero-order chi connectivity index (χ0) is 15.9. The number of ether oxygens (including phenoxy) is 3. The van der Waals surface area contributed by atoms with Crippen LogP contribution in [0.3, 0.4) is 0 Å². The molecular formula is C17H29NO3. The summed E-state index contributed by atoms with van der Waals surface area (Å²) in [5.41, 5.74) is 1.15. The highest BCUT2D eigenvalue weighted by atomic mass is 16.5. The Bertz CT molecular complexity index is 421. The first-order valence-electron chi connectivity index (χ1n) is 7.46. The van der Waals surface area contributed by atoms with Gasteiger partial charge in [0.2, 0.25) is 0 Å². The van der Waals surface area contributed by atoms with Gasteiger partial charge in [0.15, 0.2) is 0 Å². The van der Waals surface area contributed by atoms with Gasteiger partial charge in [0.05, 0.1) is 19.8 Å². The summed E-state index contributed by atoms with van der Waals surface area (Å²) in [5.74, 6) is 1.76. The van der Waals surface area contributed by atoms with Gasteiger partial charge in [-0.1, -0.05) is 27.7 Å². The Hall–Kier alpha value is -1.26. The summed E-state index contributed by atoms with van der Waals surface area (Å²) in [7, 11) is 3.39. The van der Waals surface area contributed by atoms with Crippen molar-refractivity contribution >= 4 is 0 Å². The van der Waals surface area contributed by atoms with E-state index in [2.05, 4.69) is 33.0 Å². The van der Waals surface area contributed by atoms with E-state index in [0.29, 0.717) is 13.2 Å². The summed E-state index contributed by atoms with van der Waals surface area (Å²) >= 11 is 0. The third-order valence-corrected chi connectivity index (χ3v) is 3.30.